The molecule has 2 heterocycles. The summed E-state index contributed by atoms with van der Waals surface area (Å²) in [5.41, 5.74) is 2.71. The minimum atomic E-state index is -2.94. The Morgan fingerprint density at radius 3 is 2.36 bits per heavy atom. The Balaban J connectivity index is 1.74. The van der Waals surface area contributed by atoms with Crippen LogP contribution in [-0.4, -0.2) is 20.2 Å². The van der Waals surface area contributed by atoms with Crippen molar-refractivity contribution in [1.29, 1.82) is 0 Å². The Labute approximate surface area is 160 Å². The van der Waals surface area contributed by atoms with Gasteiger partial charge >= 0.3 is 0 Å². The zero-order valence-electron chi connectivity index (χ0n) is 15.2. The van der Waals surface area contributed by atoms with Crippen LogP contribution < -0.4 is 0 Å². The molecule has 4 aromatic rings. The smallest absolute Gasteiger partial charge is 0.270 e. The van der Waals surface area contributed by atoms with Gasteiger partial charge in [-0.25, -0.2) is 13.8 Å². The van der Waals surface area contributed by atoms with Gasteiger partial charge in [-0.2, -0.15) is 0 Å². The van der Waals surface area contributed by atoms with Crippen molar-refractivity contribution in [1.82, 2.24) is 20.2 Å². The fourth-order valence-corrected chi connectivity index (χ4v) is 2.76. The molecule has 0 aliphatic rings. The van der Waals surface area contributed by atoms with Gasteiger partial charge < -0.3 is 4.42 Å². The van der Waals surface area contributed by atoms with E-state index in [4.69, 9.17) is 4.42 Å². The minimum absolute atomic E-state index is 0.0851. The summed E-state index contributed by atoms with van der Waals surface area (Å²) < 4.78 is 33.1. The molecule has 2 aromatic heterocycles. The van der Waals surface area contributed by atoms with Crippen molar-refractivity contribution in [2.45, 2.75) is 19.8 Å². The molecule has 0 aliphatic heterocycles. The average Bonchev–Trinajstić information content (AvgIpc) is 3.18. The normalized spacial score (nSPS) is 11.6. The first-order valence-electron chi connectivity index (χ1n) is 8.63. The lowest BCUT2D eigenvalue weighted by molar-refractivity contribution is 0.0175. The Morgan fingerprint density at radius 2 is 1.61 bits per heavy atom. The maximum absolute atomic E-state index is 13.7. The van der Waals surface area contributed by atoms with E-state index in [1.807, 2.05) is 30.3 Å². The first kappa shape index (κ1) is 17.9. The van der Waals surface area contributed by atoms with Crippen molar-refractivity contribution >= 4 is 0 Å². The lowest BCUT2D eigenvalue weighted by atomic mass is 10.0. The Hall–Kier alpha value is -3.48. The van der Waals surface area contributed by atoms with Crippen LogP contribution in [0.4, 0.5) is 8.78 Å². The summed E-state index contributed by atoms with van der Waals surface area (Å²) in [4.78, 5) is 8.87. The van der Waals surface area contributed by atoms with Crippen LogP contribution in [-0.2, 0) is 5.92 Å². The Morgan fingerprint density at radius 1 is 0.893 bits per heavy atom. The highest BCUT2D eigenvalue weighted by atomic mass is 19.3. The first-order valence-corrected chi connectivity index (χ1v) is 8.63. The van der Waals surface area contributed by atoms with Crippen LogP contribution in [0.5, 0.6) is 0 Å². The third kappa shape index (κ3) is 3.51. The molecule has 0 saturated carbocycles. The van der Waals surface area contributed by atoms with Crippen LogP contribution >= 0.6 is 0 Å². The molecule has 0 radical (unpaired) electrons. The predicted octanol–water partition coefficient (Wildman–Crippen LogP) is 5.28. The monoisotopic (exact) mass is 378 g/mol. The molecule has 0 spiro atoms. The standard InChI is InChI=1S/C21H16F2N4O/c1-13-18(20-27-26-19(28-20)14-7-4-3-5-8-14)25-17(12-24-13)15-9-6-10-16(11-15)21(2,22)23/h3-12H,1-2H3. The van der Waals surface area contributed by atoms with Gasteiger partial charge in [-0.05, 0) is 25.1 Å². The van der Waals surface area contributed by atoms with Gasteiger partial charge in [-0.15, -0.1) is 10.2 Å². The van der Waals surface area contributed by atoms with Crippen molar-refractivity contribution in [2.75, 3.05) is 0 Å². The summed E-state index contributed by atoms with van der Waals surface area (Å²) in [6.07, 6.45) is 1.54. The third-order valence-corrected chi connectivity index (χ3v) is 4.27. The SMILES string of the molecule is Cc1ncc(-c2cccc(C(C)(F)F)c2)nc1-c1nnc(-c2ccccc2)o1. The fraction of sp³-hybridized carbons (Fsp3) is 0.143. The highest BCUT2D eigenvalue weighted by molar-refractivity contribution is 5.64. The van der Waals surface area contributed by atoms with Gasteiger partial charge in [0.15, 0.2) is 0 Å². The molecule has 4 rings (SSSR count). The summed E-state index contributed by atoms with van der Waals surface area (Å²) >= 11 is 0. The third-order valence-electron chi connectivity index (χ3n) is 4.27. The number of rotatable bonds is 4. The molecule has 0 bridgehead atoms. The van der Waals surface area contributed by atoms with Crippen LogP contribution in [0.2, 0.25) is 0 Å². The lowest BCUT2D eigenvalue weighted by Crippen LogP contribution is -2.06. The zero-order chi connectivity index (χ0) is 19.7. The summed E-state index contributed by atoms with van der Waals surface area (Å²) in [6, 6.07) is 15.5. The number of halogens is 2. The van der Waals surface area contributed by atoms with E-state index in [0.29, 0.717) is 28.5 Å². The molecule has 0 aliphatic carbocycles. The van der Waals surface area contributed by atoms with Gasteiger partial charge in [0.05, 0.1) is 17.6 Å². The molecule has 140 valence electrons. The molecule has 0 unspecified atom stereocenters. The van der Waals surface area contributed by atoms with Gasteiger partial charge in [0.25, 0.3) is 11.8 Å². The second kappa shape index (κ2) is 6.92. The summed E-state index contributed by atoms with van der Waals surface area (Å²) in [5.74, 6) is -2.34. The number of aryl methyl sites for hydroxylation is 1. The number of nitrogens with zero attached hydrogens (tertiary/aromatic N) is 4. The highest BCUT2D eigenvalue weighted by Crippen LogP contribution is 2.31. The van der Waals surface area contributed by atoms with E-state index in [9.17, 15) is 8.78 Å². The number of benzene rings is 2. The first-order chi connectivity index (χ1) is 13.4. The quantitative estimate of drug-likeness (QED) is 0.483. The zero-order valence-corrected chi connectivity index (χ0v) is 15.2. The summed E-state index contributed by atoms with van der Waals surface area (Å²) in [7, 11) is 0. The lowest BCUT2D eigenvalue weighted by Gasteiger charge is -2.12. The molecule has 0 N–H and O–H groups in total. The molecule has 0 amide bonds. The molecule has 5 nitrogen and oxygen atoms in total. The van der Waals surface area contributed by atoms with Gasteiger partial charge in [-0.1, -0.05) is 36.4 Å². The summed E-state index contributed by atoms with van der Waals surface area (Å²) in [5, 5.41) is 8.15. The fourth-order valence-electron chi connectivity index (χ4n) is 2.76. The van der Waals surface area contributed by atoms with Crippen molar-refractivity contribution in [3.63, 3.8) is 0 Å². The molecule has 2 aromatic carbocycles. The summed E-state index contributed by atoms with van der Waals surface area (Å²) in [6.45, 7) is 2.64. The van der Waals surface area contributed by atoms with E-state index in [1.165, 1.54) is 12.1 Å². The van der Waals surface area contributed by atoms with E-state index >= 15 is 0 Å². The van der Waals surface area contributed by atoms with E-state index in [-0.39, 0.29) is 11.5 Å². The van der Waals surface area contributed by atoms with Crippen molar-refractivity contribution in [2.24, 2.45) is 0 Å². The number of alkyl halides is 2. The van der Waals surface area contributed by atoms with E-state index in [1.54, 1.807) is 25.3 Å². The molecule has 7 heteroatoms. The van der Waals surface area contributed by atoms with Gasteiger partial charge in [0.2, 0.25) is 5.89 Å². The Kier molecular flexibility index (Phi) is 4.43. The largest absolute Gasteiger partial charge is 0.415 e. The second-order valence-electron chi connectivity index (χ2n) is 6.44. The maximum Gasteiger partial charge on any atom is 0.270 e. The molecular weight excluding hydrogens is 362 g/mol. The second-order valence-corrected chi connectivity index (χ2v) is 6.44. The number of hydrogen-bond acceptors (Lipinski definition) is 5. The number of hydrogen-bond donors (Lipinski definition) is 0. The molecule has 28 heavy (non-hydrogen) atoms. The molecule has 0 atom stereocenters. The minimum Gasteiger partial charge on any atom is -0.415 e. The van der Waals surface area contributed by atoms with Gasteiger partial charge in [-0.3, -0.25) is 4.98 Å². The van der Waals surface area contributed by atoms with Crippen molar-refractivity contribution in [3.05, 3.63) is 72.1 Å². The molecular formula is C21H16F2N4O. The molecule has 0 fully saturated rings. The molecule has 0 saturated heterocycles. The average molecular weight is 378 g/mol. The van der Waals surface area contributed by atoms with E-state index < -0.39 is 5.92 Å². The van der Waals surface area contributed by atoms with Crippen LogP contribution in [0, 0.1) is 6.92 Å². The predicted molar refractivity (Wildman–Crippen MR) is 101 cm³/mol. The Bertz CT molecular complexity index is 1120. The number of aromatic nitrogens is 4. The van der Waals surface area contributed by atoms with Crippen LogP contribution in [0.1, 0.15) is 18.2 Å². The van der Waals surface area contributed by atoms with Crippen molar-refractivity contribution < 1.29 is 13.2 Å². The van der Waals surface area contributed by atoms with Crippen LogP contribution in [0.25, 0.3) is 34.3 Å². The van der Waals surface area contributed by atoms with Crippen molar-refractivity contribution in [3.8, 4) is 34.3 Å². The van der Waals surface area contributed by atoms with Crippen LogP contribution in [0.3, 0.4) is 0 Å². The van der Waals surface area contributed by atoms with Gasteiger partial charge in [0, 0.05) is 23.6 Å². The van der Waals surface area contributed by atoms with E-state index in [0.717, 1.165) is 12.5 Å². The maximum atomic E-state index is 13.7. The van der Waals surface area contributed by atoms with Gasteiger partial charge in [0.1, 0.15) is 5.69 Å². The van der Waals surface area contributed by atoms with E-state index in [2.05, 4.69) is 20.2 Å². The topological polar surface area (TPSA) is 64.7 Å². The van der Waals surface area contributed by atoms with Crippen LogP contribution in [0.15, 0.2) is 65.2 Å². The highest BCUT2D eigenvalue weighted by Gasteiger charge is 2.24.